The Labute approximate surface area is 176 Å². The van der Waals surface area contributed by atoms with Crippen LogP contribution in [0.2, 0.25) is 0 Å². The molecule has 164 valence electrons. The van der Waals surface area contributed by atoms with E-state index in [1.807, 2.05) is 0 Å². The molecule has 2 rings (SSSR count). The molecule has 2 aromatic rings. The van der Waals surface area contributed by atoms with Gasteiger partial charge in [0.25, 0.3) is 0 Å². The minimum Gasteiger partial charge on any atom is -0.493 e. The molecule has 8 nitrogen and oxygen atoms in total. The summed E-state index contributed by atoms with van der Waals surface area (Å²) in [5.41, 5.74) is 0.934. The van der Waals surface area contributed by atoms with E-state index in [0.717, 1.165) is 26.3 Å². The molecule has 0 aliphatic carbocycles. The van der Waals surface area contributed by atoms with Crippen LogP contribution in [0, 0.1) is 5.82 Å². The Morgan fingerprint density at radius 1 is 1.07 bits per heavy atom. The molecule has 0 spiro atoms. The lowest BCUT2D eigenvalue weighted by atomic mass is 10.1. The summed E-state index contributed by atoms with van der Waals surface area (Å²) in [6.45, 7) is 1.30. The molecule has 0 aliphatic heterocycles. The van der Waals surface area contributed by atoms with Crippen LogP contribution in [0.1, 0.15) is 18.5 Å². The number of ether oxygens (including phenoxy) is 2. The van der Waals surface area contributed by atoms with Gasteiger partial charge in [-0.05, 0) is 48.9 Å². The van der Waals surface area contributed by atoms with Crippen molar-refractivity contribution in [1.82, 2.24) is 9.62 Å². The van der Waals surface area contributed by atoms with Crippen LogP contribution in [-0.2, 0) is 15.0 Å². The molecule has 0 bridgehead atoms. The van der Waals surface area contributed by atoms with Crippen molar-refractivity contribution < 1.29 is 27.1 Å². The largest absolute Gasteiger partial charge is 0.493 e. The predicted molar refractivity (Wildman–Crippen MR) is 112 cm³/mol. The second-order valence-corrected chi connectivity index (χ2v) is 8.74. The third kappa shape index (κ3) is 5.39. The molecule has 1 amide bonds. The highest BCUT2D eigenvalue weighted by atomic mass is 32.2. The molecule has 0 radical (unpaired) electrons. The number of amides is 1. The summed E-state index contributed by atoms with van der Waals surface area (Å²) in [5, 5.41) is 2.77. The van der Waals surface area contributed by atoms with E-state index in [-0.39, 0.29) is 5.69 Å². The number of anilines is 1. The van der Waals surface area contributed by atoms with Gasteiger partial charge in [0.15, 0.2) is 11.5 Å². The molecule has 10 heteroatoms. The number of methoxy groups -OCH3 is 2. The zero-order chi connectivity index (χ0) is 22.5. The van der Waals surface area contributed by atoms with E-state index in [2.05, 4.69) is 5.32 Å². The van der Waals surface area contributed by atoms with Crippen molar-refractivity contribution in [3.8, 4) is 11.5 Å². The molecule has 0 saturated heterocycles. The number of carbonyl (C=O) groups excluding carboxylic acids is 1. The summed E-state index contributed by atoms with van der Waals surface area (Å²) < 4.78 is 51.1. The highest BCUT2D eigenvalue weighted by molar-refractivity contribution is 7.90. The van der Waals surface area contributed by atoms with Crippen molar-refractivity contribution in [2.45, 2.75) is 13.0 Å². The Kier molecular flexibility index (Phi) is 7.63. The maximum Gasteiger partial charge on any atom is 0.304 e. The van der Waals surface area contributed by atoms with E-state index in [4.69, 9.17) is 9.47 Å². The average molecular weight is 440 g/mol. The predicted octanol–water partition coefficient (Wildman–Crippen LogP) is 2.33. The number of carbonyl (C=O) groups is 1. The van der Waals surface area contributed by atoms with Gasteiger partial charge in [-0.2, -0.15) is 12.7 Å². The van der Waals surface area contributed by atoms with E-state index in [1.165, 1.54) is 40.4 Å². The molecule has 1 atom stereocenters. The zero-order valence-electron chi connectivity index (χ0n) is 17.5. The maximum absolute atomic E-state index is 13.3. The fourth-order valence-corrected chi connectivity index (χ4v) is 3.80. The van der Waals surface area contributed by atoms with Gasteiger partial charge < -0.3 is 14.8 Å². The Morgan fingerprint density at radius 2 is 1.67 bits per heavy atom. The van der Waals surface area contributed by atoms with Gasteiger partial charge in [-0.1, -0.05) is 6.07 Å². The van der Waals surface area contributed by atoms with Crippen molar-refractivity contribution in [3.05, 3.63) is 53.8 Å². The SMILES string of the molecule is COc1ccc([C@H](C)NC(=O)CN(c2ccc(F)cc2)S(=O)(=O)N(C)C)cc1OC. The summed E-state index contributed by atoms with van der Waals surface area (Å²) in [7, 11) is 1.78. The van der Waals surface area contributed by atoms with Crippen molar-refractivity contribution in [1.29, 1.82) is 0 Å². The second kappa shape index (κ2) is 9.77. The Balaban J connectivity index is 2.22. The number of nitrogens with one attached hydrogen (secondary N) is 1. The average Bonchev–Trinajstić information content (AvgIpc) is 2.71. The Bertz CT molecular complexity index is 980. The molecule has 0 unspecified atom stereocenters. The molecular weight excluding hydrogens is 413 g/mol. The summed E-state index contributed by atoms with van der Waals surface area (Å²) in [5.74, 6) is 0.0399. The van der Waals surface area contributed by atoms with Gasteiger partial charge in [-0.25, -0.2) is 8.70 Å². The monoisotopic (exact) mass is 439 g/mol. The van der Waals surface area contributed by atoms with Crippen LogP contribution in [0.15, 0.2) is 42.5 Å². The van der Waals surface area contributed by atoms with Crippen LogP contribution in [-0.4, -0.2) is 53.5 Å². The van der Waals surface area contributed by atoms with Crippen LogP contribution in [0.3, 0.4) is 0 Å². The normalized spacial score (nSPS) is 12.4. The first-order chi connectivity index (χ1) is 14.1. The summed E-state index contributed by atoms with van der Waals surface area (Å²) >= 11 is 0. The van der Waals surface area contributed by atoms with Gasteiger partial charge in [-0.15, -0.1) is 0 Å². The Morgan fingerprint density at radius 3 is 2.20 bits per heavy atom. The number of benzene rings is 2. The van der Waals surface area contributed by atoms with Crippen LogP contribution in [0.4, 0.5) is 10.1 Å². The van der Waals surface area contributed by atoms with Crippen molar-refractivity contribution in [2.75, 3.05) is 39.2 Å². The lowest BCUT2D eigenvalue weighted by Gasteiger charge is -2.27. The molecule has 0 aromatic heterocycles. The first-order valence-corrected chi connectivity index (χ1v) is 10.5. The van der Waals surface area contributed by atoms with E-state index < -0.39 is 34.5 Å². The summed E-state index contributed by atoms with van der Waals surface area (Å²) in [4.78, 5) is 12.7. The highest BCUT2D eigenvalue weighted by Crippen LogP contribution is 2.30. The standard InChI is InChI=1S/C20H26FN3O5S/c1-14(15-6-11-18(28-4)19(12-15)29-5)22-20(25)13-24(30(26,27)23(2)3)17-9-7-16(21)8-10-17/h6-12,14H,13H2,1-5H3,(H,22,25)/t14-/m0/s1. The lowest BCUT2D eigenvalue weighted by Crippen LogP contribution is -2.46. The molecule has 2 aromatic carbocycles. The fraction of sp³-hybridized carbons (Fsp3) is 0.350. The smallest absolute Gasteiger partial charge is 0.304 e. The van der Waals surface area contributed by atoms with Gasteiger partial charge in [0.1, 0.15) is 12.4 Å². The Hall–Kier alpha value is -2.85. The van der Waals surface area contributed by atoms with Crippen LogP contribution < -0.4 is 19.1 Å². The van der Waals surface area contributed by atoms with E-state index in [9.17, 15) is 17.6 Å². The van der Waals surface area contributed by atoms with E-state index >= 15 is 0 Å². The minimum absolute atomic E-state index is 0.180. The summed E-state index contributed by atoms with van der Waals surface area (Å²) in [6.07, 6.45) is 0. The number of halogens is 1. The van der Waals surface area contributed by atoms with Crippen LogP contribution in [0.5, 0.6) is 11.5 Å². The number of hydrogen-bond donors (Lipinski definition) is 1. The second-order valence-electron chi connectivity index (χ2n) is 6.68. The van der Waals surface area contributed by atoms with Crippen molar-refractivity contribution in [3.63, 3.8) is 0 Å². The van der Waals surface area contributed by atoms with Crippen molar-refractivity contribution in [2.24, 2.45) is 0 Å². The number of rotatable bonds is 9. The van der Waals surface area contributed by atoms with Crippen LogP contribution >= 0.6 is 0 Å². The first-order valence-electron chi connectivity index (χ1n) is 9.07. The quantitative estimate of drug-likeness (QED) is 0.648. The van der Waals surface area contributed by atoms with E-state index in [1.54, 1.807) is 25.1 Å². The molecule has 0 saturated carbocycles. The van der Waals surface area contributed by atoms with Gasteiger partial charge >= 0.3 is 10.2 Å². The number of nitrogens with zero attached hydrogens (tertiary/aromatic N) is 2. The molecule has 0 fully saturated rings. The first kappa shape index (κ1) is 23.4. The van der Waals surface area contributed by atoms with Gasteiger partial charge in [0.2, 0.25) is 5.91 Å². The number of hydrogen-bond acceptors (Lipinski definition) is 5. The minimum atomic E-state index is -3.97. The fourth-order valence-electron chi connectivity index (χ4n) is 2.73. The molecular formula is C20H26FN3O5S. The molecule has 30 heavy (non-hydrogen) atoms. The molecule has 0 heterocycles. The third-order valence-electron chi connectivity index (χ3n) is 4.43. The highest BCUT2D eigenvalue weighted by Gasteiger charge is 2.28. The zero-order valence-corrected chi connectivity index (χ0v) is 18.4. The van der Waals surface area contributed by atoms with Gasteiger partial charge in [0.05, 0.1) is 25.9 Å². The van der Waals surface area contributed by atoms with Crippen molar-refractivity contribution >= 4 is 21.8 Å². The van der Waals surface area contributed by atoms with E-state index in [0.29, 0.717) is 11.5 Å². The third-order valence-corrected chi connectivity index (χ3v) is 6.25. The van der Waals surface area contributed by atoms with Gasteiger partial charge in [0, 0.05) is 14.1 Å². The molecule has 0 aliphatic rings. The summed E-state index contributed by atoms with van der Waals surface area (Å²) in [6, 6.07) is 9.70. The molecule has 1 N–H and O–H groups in total. The van der Waals surface area contributed by atoms with Gasteiger partial charge in [-0.3, -0.25) is 4.79 Å². The lowest BCUT2D eigenvalue weighted by molar-refractivity contribution is -0.120. The topological polar surface area (TPSA) is 88.2 Å². The van der Waals surface area contributed by atoms with Crippen LogP contribution in [0.25, 0.3) is 0 Å². The maximum atomic E-state index is 13.3.